The summed E-state index contributed by atoms with van der Waals surface area (Å²) in [4.78, 5) is 29.8. The van der Waals surface area contributed by atoms with Crippen molar-refractivity contribution >= 4 is 21.8 Å². The molecule has 0 spiro atoms. The lowest BCUT2D eigenvalue weighted by molar-refractivity contribution is 0.0639. The zero-order valence-corrected chi connectivity index (χ0v) is 19.8. The molecule has 1 aliphatic rings. The zero-order chi connectivity index (χ0) is 25.2. The smallest absolute Gasteiger partial charge is 0.280 e. The Hall–Kier alpha value is -3.83. The van der Waals surface area contributed by atoms with Crippen LogP contribution in [0.3, 0.4) is 0 Å². The van der Waals surface area contributed by atoms with Crippen LogP contribution in [0.25, 0.3) is 0 Å². The van der Waals surface area contributed by atoms with E-state index < -0.39 is 27.7 Å². The minimum Gasteiger partial charge on any atom is -0.493 e. The van der Waals surface area contributed by atoms with Gasteiger partial charge in [0, 0.05) is 12.7 Å². The third kappa shape index (κ3) is 4.86. The van der Waals surface area contributed by atoms with Gasteiger partial charge in [0.25, 0.3) is 11.8 Å². The number of rotatable bonds is 9. The first kappa shape index (κ1) is 24.3. The van der Waals surface area contributed by atoms with Crippen molar-refractivity contribution in [1.29, 1.82) is 0 Å². The number of hydrogen-bond acceptors (Lipinski definition) is 7. The normalized spacial score (nSPS) is 13.2. The number of aromatic nitrogens is 1. The molecule has 0 saturated carbocycles. The summed E-state index contributed by atoms with van der Waals surface area (Å²) >= 11 is 0. The van der Waals surface area contributed by atoms with E-state index in [1.165, 1.54) is 38.6 Å². The van der Waals surface area contributed by atoms with E-state index in [1.807, 2.05) is 0 Å². The van der Waals surface area contributed by atoms with E-state index in [4.69, 9.17) is 9.47 Å². The molecule has 0 bridgehead atoms. The second kappa shape index (κ2) is 9.80. The van der Waals surface area contributed by atoms with Crippen LogP contribution >= 0.6 is 0 Å². The van der Waals surface area contributed by atoms with Crippen molar-refractivity contribution in [3.63, 3.8) is 0 Å². The van der Waals surface area contributed by atoms with Gasteiger partial charge in [-0.3, -0.25) is 19.5 Å². The van der Waals surface area contributed by atoms with Gasteiger partial charge < -0.3 is 9.47 Å². The number of fused-ring (bicyclic) bond motifs is 1. The number of benzene rings is 2. The number of imide groups is 1. The van der Waals surface area contributed by atoms with E-state index >= 15 is 0 Å². The van der Waals surface area contributed by atoms with Crippen molar-refractivity contribution < 1.29 is 31.9 Å². The molecule has 0 aliphatic carbocycles. The maximum atomic E-state index is 14.0. The fraction of sp³-hybridized carbons (Fsp3) is 0.208. The maximum absolute atomic E-state index is 14.0. The van der Waals surface area contributed by atoms with Gasteiger partial charge in [0.05, 0.1) is 31.2 Å². The first-order valence-electron chi connectivity index (χ1n) is 10.6. The molecule has 182 valence electrons. The molecule has 0 saturated heterocycles. The Kier molecular flexibility index (Phi) is 6.81. The molecule has 2 aromatic carbocycles. The lowest BCUT2D eigenvalue weighted by Crippen LogP contribution is -2.32. The highest BCUT2D eigenvalue weighted by Crippen LogP contribution is 2.28. The predicted molar refractivity (Wildman–Crippen MR) is 123 cm³/mol. The summed E-state index contributed by atoms with van der Waals surface area (Å²) in [7, 11) is -1.15. The first-order chi connectivity index (χ1) is 16.7. The predicted octanol–water partition coefficient (Wildman–Crippen LogP) is 2.56. The molecule has 2 heterocycles. The van der Waals surface area contributed by atoms with Gasteiger partial charge in [0.15, 0.2) is 11.5 Å². The highest BCUT2D eigenvalue weighted by Gasteiger charge is 2.37. The van der Waals surface area contributed by atoms with Gasteiger partial charge in [-0.05, 0) is 53.9 Å². The van der Waals surface area contributed by atoms with Crippen molar-refractivity contribution in [2.75, 3.05) is 20.8 Å². The Bertz CT molecular complexity index is 1380. The topological polar surface area (TPSA) is 115 Å². The largest absolute Gasteiger partial charge is 0.493 e. The molecule has 3 aromatic rings. The maximum Gasteiger partial charge on any atom is 0.280 e. The van der Waals surface area contributed by atoms with Gasteiger partial charge in [-0.25, -0.2) is 17.5 Å². The molecular weight excluding hydrogens is 477 g/mol. The Morgan fingerprint density at radius 1 is 1.00 bits per heavy atom. The van der Waals surface area contributed by atoms with Crippen LogP contribution in [0.4, 0.5) is 4.39 Å². The minimum atomic E-state index is -4.17. The number of nitrogens with one attached hydrogen (secondary N) is 1. The quantitative estimate of drug-likeness (QED) is 0.450. The fourth-order valence-electron chi connectivity index (χ4n) is 3.78. The van der Waals surface area contributed by atoms with E-state index in [0.717, 1.165) is 22.6 Å². The minimum absolute atomic E-state index is 0.00272. The van der Waals surface area contributed by atoms with Crippen molar-refractivity contribution in [2.24, 2.45) is 0 Å². The van der Waals surface area contributed by atoms with Crippen molar-refractivity contribution in [3.05, 3.63) is 82.9 Å². The molecule has 1 N–H and O–H groups in total. The van der Waals surface area contributed by atoms with E-state index in [9.17, 15) is 22.4 Å². The number of hydrogen-bond donors (Lipinski definition) is 1. The standard InChI is InChI=1S/C24H22FN3O6S/c1-33-19-8-5-15(12-20(19)34-2)9-11-27-35(31,32)21-13-17(25)7-6-16(21)14-28-23(29)18-4-3-10-26-22(18)24(28)30/h3-8,10,12-13,27H,9,11,14H2,1-2H3. The third-order valence-electron chi connectivity index (χ3n) is 5.53. The molecule has 0 fully saturated rings. The lowest BCUT2D eigenvalue weighted by Gasteiger charge is -2.17. The van der Waals surface area contributed by atoms with Gasteiger partial charge >= 0.3 is 0 Å². The van der Waals surface area contributed by atoms with Gasteiger partial charge in [-0.2, -0.15) is 0 Å². The van der Waals surface area contributed by atoms with Gasteiger partial charge in [0.2, 0.25) is 10.0 Å². The molecular formula is C24H22FN3O6S. The Morgan fingerprint density at radius 2 is 1.77 bits per heavy atom. The summed E-state index contributed by atoms with van der Waals surface area (Å²) in [6.07, 6.45) is 1.72. The Morgan fingerprint density at radius 3 is 2.49 bits per heavy atom. The summed E-state index contributed by atoms with van der Waals surface area (Å²) in [5.41, 5.74) is 1.02. The number of nitrogens with zero attached hydrogens (tertiary/aromatic N) is 2. The van der Waals surface area contributed by atoms with E-state index in [-0.39, 0.29) is 34.8 Å². The molecule has 0 unspecified atom stereocenters. The number of methoxy groups -OCH3 is 2. The van der Waals surface area contributed by atoms with E-state index in [2.05, 4.69) is 9.71 Å². The molecule has 2 amide bonds. The van der Waals surface area contributed by atoms with Gasteiger partial charge in [-0.15, -0.1) is 0 Å². The summed E-state index contributed by atoms with van der Waals surface area (Å²) in [6.45, 7) is -0.328. The summed E-state index contributed by atoms with van der Waals surface area (Å²) in [6, 6.07) is 11.4. The molecule has 0 radical (unpaired) electrons. The van der Waals surface area contributed by atoms with Gasteiger partial charge in [-0.1, -0.05) is 12.1 Å². The van der Waals surface area contributed by atoms with E-state index in [0.29, 0.717) is 17.9 Å². The van der Waals surface area contributed by atoms with Crippen molar-refractivity contribution in [3.8, 4) is 11.5 Å². The zero-order valence-electron chi connectivity index (χ0n) is 18.9. The monoisotopic (exact) mass is 499 g/mol. The third-order valence-corrected chi connectivity index (χ3v) is 7.08. The molecule has 1 aromatic heterocycles. The van der Waals surface area contributed by atoms with Gasteiger partial charge in [0.1, 0.15) is 11.5 Å². The van der Waals surface area contributed by atoms with Crippen LogP contribution in [0.5, 0.6) is 11.5 Å². The Labute approximate surface area is 201 Å². The van der Waals surface area contributed by atoms with Crippen LogP contribution in [-0.2, 0) is 23.0 Å². The summed E-state index contributed by atoms with van der Waals surface area (Å²) < 4.78 is 53.0. The number of amides is 2. The number of pyridine rings is 1. The average Bonchev–Trinajstić information content (AvgIpc) is 3.09. The number of sulfonamides is 1. The van der Waals surface area contributed by atoms with Crippen LogP contribution in [0.2, 0.25) is 0 Å². The molecule has 1 aliphatic heterocycles. The number of carbonyl (C=O) groups excluding carboxylic acids is 2. The Balaban J connectivity index is 1.52. The first-order valence-corrected chi connectivity index (χ1v) is 12.0. The van der Waals surface area contributed by atoms with Crippen LogP contribution in [0.1, 0.15) is 32.0 Å². The van der Waals surface area contributed by atoms with Crippen LogP contribution in [0, 0.1) is 5.82 Å². The van der Waals surface area contributed by atoms with Crippen molar-refractivity contribution in [1.82, 2.24) is 14.6 Å². The second-order valence-electron chi connectivity index (χ2n) is 7.69. The highest BCUT2D eigenvalue weighted by molar-refractivity contribution is 7.89. The number of ether oxygens (including phenoxy) is 2. The SMILES string of the molecule is COc1ccc(CCNS(=O)(=O)c2cc(F)ccc2CN2C(=O)c3cccnc3C2=O)cc1OC. The molecule has 9 nitrogen and oxygen atoms in total. The molecule has 0 atom stereocenters. The average molecular weight is 500 g/mol. The highest BCUT2D eigenvalue weighted by atomic mass is 32.2. The summed E-state index contributed by atoms with van der Waals surface area (Å²) in [5.74, 6) is -0.940. The van der Waals surface area contributed by atoms with Crippen molar-refractivity contribution in [2.45, 2.75) is 17.9 Å². The van der Waals surface area contributed by atoms with Crippen LogP contribution in [-0.4, -0.2) is 50.9 Å². The van der Waals surface area contributed by atoms with Crippen LogP contribution < -0.4 is 14.2 Å². The lowest BCUT2D eigenvalue weighted by atomic mass is 10.1. The molecule has 35 heavy (non-hydrogen) atoms. The number of halogens is 1. The molecule has 11 heteroatoms. The fourth-order valence-corrected chi connectivity index (χ4v) is 5.05. The second-order valence-corrected chi connectivity index (χ2v) is 9.42. The van der Waals surface area contributed by atoms with Crippen LogP contribution in [0.15, 0.2) is 59.6 Å². The number of carbonyl (C=O) groups is 2. The van der Waals surface area contributed by atoms with E-state index in [1.54, 1.807) is 18.2 Å². The summed E-state index contributed by atoms with van der Waals surface area (Å²) in [5, 5.41) is 0. The molecule has 4 rings (SSSR count).